The molecule has 188 valence electrons. The molecule has 0 radical (unpaired) electrons. The van der Waals surface area contributed by atoms with Crippen molar-refractivity contribution in [1.29, 1.82) is 0 Å². The topological polar surface area (TPSA) is 71.8 Å². The van der Waals surface area contributed by atoms with Crippen molar-refractivity contribution in [2.75, 3.05) is 16.9 Å². The van der Waals surface area contributed by atoms with Crippen molar-refractivity contribution in [2.24, 2.45) is 0 Å². The van der Waals surface area contributed by atoms with Crippen molar-refractivity contribution >= 4 is 41.1 Å². The maximum atomic E-state index is 13.6. The number of nitrogens with one attached hydrogen (secondary N) is 2. The molecule has 1 aliphatic rings. The Hall–Kier alpha value is -3.49. The maximum absolute atomic E-state index is 13.6. The average Bonchev–Trinajstić information content (AvgIpc) is 3.30. The molecule has 0 saturated heterocycles. The van der Waals surface area contributed by atoms with Crippen LogP contribution in [-0.4, -0.2) is 26.9 Å². The van der Waals surface area contributed by atoms with Gasteiger partial charge in [-0.05, 0) is 68.0 Å². The lowest BCUT2D eigenvalue weighted by Crippen LogP contribution is -2.31. The van der Waals surface area contributed by atoms with Crippen molar-refractivity contribution in [3.8, 4) is 0 Å². The standard InChI is InChI=1S/C29H29N5OS2/c1-18-10-11-22(19(2)16-18)17-37-29-32-28-30-20(3)25(27(35)31-23-8-6-5-7-9-23)26(34(28)33-29)21-12-14-24(36-4)15-13-21/h5-16,26H,17H2,1-4H3,(H,31,35)(H,30,32,33)/t26-/m0/s1. The minimum absolute atomic E-state index is 0.166. The van der Waals surface area contributed by atoms with E-state index in [0.717, 1.165) is 27.6 Å². The van der Waals surface area contributed by atoms with E-state index in [1.54, 1.807) is 23.5 Å². The molecule has 0 bridgehead atoms. The molecule has 0 aliphatic carbocycles. The molecule has 3 aromatic carbocycles. The second kappa shape index (κ2) is 10.9. The van der Waals surface area contributed by atoms with Crippen LogP contribution in [0.3, 0.4) is 0 Å². The van der Waals surface area contributed by atoms with E-state index in [0.29, 0.717) is 16.7 Å². The number of benzene rings is 3. The molecule has 5 rings (SSSR count). The molecule has 2 N–H and O–H groups in total. The van der Waals surface area contributed by atoms with E-state index in [9.17, 15) is 4.79 Å². The zero-order valence-corrected chi connectivity index (χ0v) is 22.9. The van der Waals surface area contributed by atoms with Gasteiger partial charge in [0.15, 0.2) is 0 Å². The van der Waals surface area contributed by atoms with Crippen molar-refractivity contribution in [2.45, 2.75) is 42.6 Å². The number of nitrogens with zero attached hydrogens (tertiary/aromatic N) is 3. The summed E-state index contributed by atoms with van der Waals surface area (Å²) in [4.78, 5) is 19.5. The van der Waals surface area contributed by atoms with Crippen LogP contribution in [0.5, 0.6) is 0 Å². The quantitative estimate of drug-likeness (QED) is 0.257. The zero-order chi connectivity index (χ0) is 25.9. The van der Waals surface area contributed by atoms with Gasteiger partial charge < -0.3 is 10.6 Å². The molecule has 8 heteroatoms. The Morgan fingerprint density at radius 3 is 2.49 bits per heavy atom. The molecule has 1 aromatic heterocycles. The molecule has 1 atom stereocenters. The Bertz CT molecular complexity index is 1460. The first-order chi connectivity index (χ1) is 17.9. The second-order valence-corrected chi connectivity index (χ2v) is 10.9. The van der Waals surface area contributed by atoms with Gasteiger partial charge in [0, 0.05) is 22.0 Å². The molecular weight excluding hydrogens is 498 g/mol. The molecule has 0 saturated carbocycles. The number of thioether (sulfide) groups is 2. The molecule has 1 aliphatic heterocycles. The van der Waals surface area contributed by atoms with E-state index in [2.05, 4.69) is 73.2 Å². The molecular formula is C29H29N5OS2. The normalized spacial score (nSPS) is 14.8. The van der Waals surface area contributed by atoms with Gasteiger partial charge in [0.25, 0.3) is 5.91 Å². The number of aryl methyl sites for hydroxylation is 2. The lowest BCUT2D eigenvalue weighted by molar-refractivity contribution is -0.113. The summed E-state index contributed by atoms with van der Waals surface area (Å²) in [5.41, 5.74) is 6.88. The van der Waals surface area contributed by atoms with Gasteiger partial charge in [0.05, 0.1) is 5.57 Å². The van der Waals surface area contributed by atoms with Gasteiger partial charge in [-0.1, -0.05) is 65.9 Å². The minimum atomic E-state index is -0.404. The summed E-state index contributed by atoms with van der Waals surface area (Å²) in [5, 5.41) is 11.9. The lowest BCUT2D eigenvalue weighted by Gasteiger charge is -2.28. The van der Waals surface area contributed by atoms with Gasteiger partial charge >= 0.3 is 0 Å². The highest BCUT2D eigenvalue weighted by atomic mass is 32.2. The smallest absolute Gasteiger partial charge is 0.255 e. The third-order valence-corrected chi connectivity index (χ3v) is 8.03. The predicted molar refractivity (Wildman–Crippen MR) is 153 cm³/mol. The summed E-state index contributed by atoms with van der Waals surface area (Å²) >= 11 is 3.29. The van der Waals surface area contributed by atoms with Crippen LogP contribution in [0.15, 0.2) is 94.1 Å². The van der Waals surface area contributed by atoms with E-state index >= 15 is 0 Å². The number of carbonyl (C=O) groups excluding carboxylic acids is 1. The Morgan fingerprint density at radius 1 is 1.03 bits per heavy atom. The molecule has 0 fully saturated rings. The fourth-order valence-corrected chi connectivity index (χ4v) is 5.76. The molecule has 1 amide bonds. The predicted octanol–water partition coefficient (Wildman–Crippen LogP) is 6.84. The number of aromatic nitrogens is 3. The van der Waals surface area contributed by atoms with Crippen LogP contribution >= 0.6 is 23.5 Å². The first-order valence-electron chi connectivity index (χ1n) is 12.1. The van der Waals surface area contributed by atoms with Gasteiger partial charge in [-0.25, -0.2) is 4.68 Å². The van der Waals surface area contributed by atoms with E-state index in [-0.39, 0.29) is 5.91 Å². The molecule has 37 heavy (non-hydrogen) atoms. The summed E-state index contributed by atoms with van der Waals surface area (Å²) < 4.78 is 1.84. The van der Waals surface area contributed by atoms with Gasteiger partial charge in [0.1, 0.15) is 6.04 Å². The fourth-order valence-electron chi connectivity index (χ4n) is 4.45. The summed E-state index contributed by atoms with van der Waals surface area (Å²) in [6, 6.07) is 23.9. The Balaban J connectivity index is 1.48. The number of carbonyl (C=O) groups is 1. The minimum Gasteiger partial charge on any atom is -0.328 e. The molecule has 4 aromatic rings. The summed E-state index contributed by atoms with van der Waals surface area (Å²) in [6.07, 6.45) is 2.05. The SMILES string of the molecule is CSc1ccc([C@H]2C(C(=O)Nc3ccccc3)=C(C)Nc3nc(SCc4ccc(C)cc4C)nn32)cc1. The monoisotopic (exact) mass is 527 g/mol. The number of hydrogen-bond donors (Lipinski definition) is 2. The van der Waals surface area contributed by atoms with Crippen LogP contribution in [0.4, 0.5) is 11.6 Å². The number of rotatable bonds is 7. The molecule has 0 unspecified atom stereocenters. The highest BCUT2D eigenvalue weighted by Crippen LogP contribution is 2.37. The zero-order valence-electron chi connectivity index (χ0n) is 21.3. The first-order valence-corrected chi connectivity index (χ1v) is 14.3. The van der Waals surface area contributed by atoms with E-state index < -0.39 is 6.04 Å². The first kappa shape index (κ1) is 25.2. The molecule has 6 nitrogen and oxygen atoms in total. The Kier molecular flexibility index (Phi) is 7.39. The Morgan fingerprint density at radius 2 is 1.78 bits per heavy atom. The number of amides is 1. The van der Waals surface area contributed by atoms with Crippen LogP contribution in [0.2, 0.25) is 0 Å². The lowest BCUT2D eigenvalue weighted by atomic mass is 9.95. The number of fused-ring (bicyclic) bond motifs is 1. The van der Waals surface area contributed by atoms with Crippen molar-refractivity contribution < 1.29 is 4.79 Å². The number of anilines is 2. The second-order valence-electron chi connectivity index (χ2n) is 9.04. The summed E-state index contributed by atoms with van der Waals surface area (Å²) in [6.45, 7) is 6.16. The highest BCUT2D eigenvalue weighted by Gasteiger charge is 2.34. The summed E-state index contributed by atoms with van der Waals surface area (Å²) in [7, 11) is 0. The van der Waals surface area contributed by atoms with Crippen molar-refractivity contribution in [3.63, 3.8) is 0 Å². The number of hydrogen-bond acceptors (Lipinski definition) is 6. The van der Waals surface area contributed by atoms with Gasteiger partial charge in [-0.3, -0.25) is 4.79 Å². The maximum Gasteiger partial charge on any atom is 0.255 e. The van der Waals surface area contributed by atoms with Gasteiger partial charge in [-0.15, -0.1) is 16.9 Å². The van der Waals surface area contributed by atoms with Crippen LogP contribution in [-0.2, 0) is 10.5 Å². The van der Waals surface area contributed by atoms with E-state index in [1.807, 2.05) is 41.9 Å². The third-order valence-electron chi connectivity index (χ3n) is 6.40. The fraction of sp³-hybridized carbons (Fsp3) is 0.207. The van der Waals surface area contributed by atoms with Gasteiger partial charge in [0.2, 0.25) is 11.1 Å². The third kappa shape index (κ3) is 5.45. The largest absolute Gasteiger partial charge is 0.328 e. The average molecular weight is 528 g/mol. The van der Waals surface area contributed by atoms with Crippen LogP contribution in [0.25, 0.3) is 0 Å². The van der Waals surface area contributed by atoms with Gasteiger partial charge in [-0.2, -0.15) is 4.98 Å². The van der Waals surface area contributed by atoms with Crippen LogP contribution < -0.4 is 10.6 Å². The number of para-hydroxylation sites is 1. The van der Waals surface area contributed by atoms with E-state index in [1.165, 1.54) is 16.7 Å². The summed E-state index contributed by atoms with van der Waals surface area (Å²) in [5.74, 6) is 1.24. The Labute approximate surface area is 226 Å². The highest BCUT2D eigenvalue weighted by molar-refractivity contribution is 7.98. The van der Waals surface area contributed by atoms with Crippen LogP contribution in [0, 0.1) is 13.8 Å². The van der Waals surface area contributed by atoms with Crippen LogP contribution in [0.1, 0.15) is 35.2 Å². The van der Waals surface area contributed by atoms with E-state index in [4.69, 9.17) is 10.1 Å². The van der Waals surface area contributed by atoms with Crippen molar-refractivity contribution in [3.05, 3.63) is 106 Å². The van der Waals surface area contributed by atoms with Crippen molar-refractivity contribution in [1.82, 2.24) is 14.8 Å². The molecule has 0 spiro atoms. The number of allylic oxidation sites excluding steroid dienone is 1. The molecule has 2 heterocycles.